The van der Waals surface area contributed by atoms with Gasteiger partial charge in [-0.15, -0.1) is 11.3 Å². The van der Waals surface area contributed by atoms with Crippen LogP contribution < -0.4 is 10.6 Å². The van der Waals surface area contributed by atoms with Crippen LogP contribution in [0.4, 0.5) is 20.5 Å². The van der Waals surface area contributed by atoms with Gasteiger partial charge in [-0.05, 0) is 25.5 Å². The van der Waals surface area contributed by atoms with E-state index in [4.69, 9.17) is 0 Å². The molecule has 0 saturated heterocycles. The number of nitrogens with one attached hydrogen (secondary N) is 2. The molecule has 1 aliphatic carbocycles. The first-order valence-corrected chi connectivity index (χ1v) is 11.1. The number of thiazole rings is 1. The molecule has 4 rings (SSSR count). The van der Waals surface area contributed by atoms with Crippen LogP contribution in [0, 0.1) is 12.8 Å². The number of aryl methyl sites for hydroxylation is 1. The van der Waals surface area contributed by atoms with E-state index in [2.05, 4.69) is 25.6 Å². The van der Waals surface area contributed by atoms with Crippen LogP contribution in [0.2, 0.25) is 0 Å². The van der Waals surface area contributed by atoms with Crippen molar-refractivity contribution >= 4 is 33.3 Å². The van der Waals surface area contributed by atoms with E-state index in [1.54, 1.807) is 6.92 Å². The third-order valence-electron chi connectivity index (χ3n) is 5.51. The minimum Gasteiger partial charge on any atom is -0.396 e. The summed E-state index contributed by atoms with van der Waals surface area (Å²) in [6.45, 7) is 1.64. The zero-order chi connectivity index (χ0) is 23.0. The highest BCUT2D eigenvalue weighted by molar-refractivity contribution is 7.21. The molecule has 32 heavy (non-hydrogen) atoms. The number of hydrogen-bond acceptors (Lipinski definition) is 9. The lowest BCUT2D eigenvalue weighted by atomic mass is 10.1. The largest absolute Gasteiger partial charge is 0.396 e. The summed E-state index contributed by atoms with van der Waals surface area (Å²) < 4.78 is 27.7. The number of halogens is 2. The fourth-order valence-corrected chi connectivity index (χ4v) is 4.91. The average Bonchev–Trinajstić information content (AvgIpc) is 3.27. The van der Waals surface area contributed by atoms with Gasteiger partial charge >= 0.3 is 0 Å². The summed E-state index contributed by atoms with van der Waals surface area (Å²) >= 11 is 1.44. The van der Waals surface area contributed by atoms with Crippen molar-refractivity contribution in [1.82, 2.24) is 15.0 Å². The highest BCUT2D eigenvalue weighted by Gasteiger charge is 2.41. The monoisotopic (exact) mass is 465 g/mol. The van der Waals surface area contributed by atoms with E-state index in [0.717, 1.165) is 17.1 Å². The van der Waals surface area contributed by atoms with Crippen molar-refractivity contribution in [2.45, 2.75) is 44.4 Å². The van der Waals surface area contributed by atoms with Gasteiger partial charge in [0.15, 0.2) is 0 Å². The zero-order valence-electron chi connectivity index (χ0n) is 17.6. The number of anilines is 2. The van der Waals surface area contributed by atoms with Crippen molar-refractivity contribution in [3.8, 4) is 10.6 Å². The van der Waals surface area contributed by atoms with Crippen molar-refractivity contribution in [1.29, 1.82) is 0 Å². The fraction of sp³-hybridized carbons (Fsp3) is 0.476. The van der Waals surface area contributed by atoms with E-state index < -0.39 is 36.6 Å². The minimum absolute atomic E-state index is 0.0168. The van der Waals surface area contributed by atoms with Crippen molar-refractivity contribution in [2.24, 2.45) is 5.92 Å². The van der Waals surface area contributed by atoms with Gasteiger partial charge in [0.05, 0.1) is 40.2 Å². The first-order valence-electron chi connectivity index (χ1n) is 10.3. The van der Waals surface area contributed by atoms with Gasteiger partial charge in [0.1, 0.15) is 16.9 Å². The van der Waals surface area contributed by atoms with Crippen LogP contribution in [0.1, 0.15) is 19.0 Å². The Morgan fingerprint density at radius 1 is 1.16 bits per heavy atom. The molecule has 0 amide bonds. The lowest BCUT2D eigenvalue weighted by molar-refractivity contribution is 0.00446. The Hall–Kier alpha value is -2.47. The molecule has 1 aliphatic rings. The Morgan fingerprint density at radius 3 is 2.56 bits per heavy atom. The van der Waals surface area contributed by atoms with Gasteiger partial charge < -0.3 is 26.0 Å². The summed E-state index contributed by atoms with van der Waals surface area (Å²) in [5.41, 5.74) is 1.92. The average molecular weight is 466 g/mol. The van der Waals surface area contributed by atoms with E-state index in [9.17, 15) is 24.1 Å². The predicted octanol–water partition coefficient (Wildman–Crippen LogP) is 2.64. The van der Waals surface area contributed by atoms with E-state index in [1.807, 2.05) is 24.3 Å². The molecule has 1 aromatic carbocycles. The fourth-order valence-electron chi connectivity index (χ4n) is 3.85. The highest BCUT2D eigenvalue weighted by Crippen LogP contribution is 2.38. The maximum absolute atomic E-state index is 13.3. The molecule has 0 spiro atoms. The molecule has 0 bridgehead atoms. The first kappa shape index (κ1) is 22.7. The van der Waals surface area contributed by atoms with Crippen molar-refractivity contribution in [3.63, 3.8) is 0 Å². The number of fused-ring (bicyclic) bond motifs is 1. The van der Waals surface area contributed by atoms with Gasteiger partial charge in [0.25, 0.3) is 5.92 Å². The van der Waals surface area contributed by atoms with Crippen LogP contribution >= 0.6 is 11.3 Å². The maximum atomic E-state index is 13.3. The van der Waals surface area contributed by atoms with Crippen LogP contribution in [0.3, 0.4) is 0 Å². The van der Waals surface area contributed by atoms with Crippen LogP contribution in [0.25, 0.3) is 20.8 Å². The Morgan fingerprint density at radius 2 is 1.91 bits per heavy atom. The van der Waals surface area contributed by atoms with Crippen LogP contribution in [-0.4, -0.2) is 67.6 Å². The van der Waals surface area contributed by atoms with Gasteiger partial charge in [-0.25, -0.2) is 18.7 Å². The van der Waals surface area contributed by atoms with Crippen molar-refractivity contribution in [2.75, 3.05) is 23.8 Å². The SMILES string of the molecule is Cc1nc(NCC(C)(F)F)nc(NC2CC(CO)C(O)C2O)c1-c1nc2ccccc2s1. The van der Waals surface area contributed by atoms with Crippen LogP contribution in [-0.2, 0) is 0 Å². The van der Waals surface area contributed by atoms with E-state index >= 15 is 0 Å². The van der Waals surface area contributed by atoms with Crippen LogP contribution in [0.15, 0.2) is 24.3 Å². The summed E-state index contributed by atoms with van der Waals surface area (Å²) in [6, 6.07) is 7.04. The second kappa shape index (κ2) is 8.81. The smallest absolute Gasteiger partial charge is 0.262 e. The molecule has 4 unspecified atom stereocenters. The number of aliphatic hydroxyl groups is 3. The molecule has 1 fully saturated rings. The molecule has 5 N–H and O–H groups in total. The summed E-state index contributed by atoms with van der Waals surface area (Å²) in [7, 11) is 0. The molecule has 0 aliphatic heterocycles. The molecule has 8 nitrogen and oxygen atoms in total. The van der Waals surface area contributed by atoms with Gasteiger partial charge in [-0.1, -0.05) is 12.1 Å². The number of benzene rings is 1. The summed E-state index contributed by atoms with van der Waals surface area (Å²) in [5, 5.41) is 36.4. The maximum Gasteiger partial charge on any atom is 0.262 e. The van der Waals surface area contributed by atoms with Crippen molar-refractivity contribution < 1.29 is 24.1 Å². The number of alkyl halides is 2. The molecule has 0 radical (unpaired) electrons. The molecule has 11 heteroatoms. The molecule has 1 saturated carbocycles. The molecular weight excluding hydrogens is 440 g/mol. The minimum atomic E-state index is -2.95. The lowest BCUT2D eigenvalue weighted by Crippen LogP contribution is -2.36. The molecule has 2 heterocycles. The second-order valence-corrected chi connectivity index (χ2v) is 9.21. The summed E-state index contributed by atoms with van der Waals surface area (Å²) in [5.74, 6) is -3.10. The first-order chi connectivity index (χ1) is 15.2. The number of rotatable bonds is 7. The Labute approximate surface area is 187 Å². The van der Waals surface area contributed by atoms with Gasteiger partial charge in [-0.2, -0.15) is 4.98 Å². The number of aliphatic hydroxyl groups excluding tert-OH is 3. The Balaban J connectivity index is 1.74. The molecular formula is C21H25F2N5O3S. The second-order valence-electron chi connectivity index (χ2n) is 8.18. The van der Waals surface area contributed by atoms with E-state index in [1.165, 1.54) is 11.3 Å². The molecule has 2 aromatic heterocycles. The molecule has 4 atom stereocenters. The van der Waals surface area contributed by atoms with E-state index in [0.29, 0.717) is 28.5 Å². The quantitative estimate of drug-likeness (QED) is 0.361. The van der Waals surface area contributed by atoms with Crippen LogP contribution in [0.5, 0.6) is 0 Å². The van der Waals surface area contributed by atoms with Crippen molar-refractivity contribution in [3.05, 3.63) is 30.0 Å². The predicted molar refractivity (Wildman–Crippen MR) is 119 cm³/mol. The van der Waals surface area contributed by atoms with Gasteiger partial charge in [0.2, 0.25) is 5.95 Å². The number of aromatic nitrogens is 3. The topological polar surface area (TPSA) is 123 Å². The Kier molecular flexibility index (Phi) is 6.26. The number of para-hydroxylation sites is 1. The molecule has 3 aromatic rings. The molecule has 172 valence electrons. The normalized spacial score (nSPS) is 23.6. The Bertz CT molecular complexity index is 1070. The highest BCUT2D eigenvalue weighted by atomic mass is 32.1. The van der Waals surface area contributed by atoms with Gasteiger partial charge in [0, 0.05) is 19.4 Å². The third kappa shape index (κ3) is 4.65. The van der Waals surface area contributed by atoms with Gasteiger partial charge in [-0.3, -0.25) is 0 Å². The lowest BCUT2D eigenvalue weighted by Gasteiger charge is -2.21. The number of nitrogens with zero attached hydrogens (tertiary/aromatic N) is 3. The zero-order valence-corrected chi connectivity index (χ0v) is 18.4. The van der Waals surface area contributed by atoms with E-state index in [-0.39, 0.29) is 12.6 Å². The summed E-state index contributed by atoms with van der Waals surface area (Å²) in [4.78, 5) is 13.4. The third-order valence-corrected chi connectivity index (χ3v) is 6.57. The standard InChI is InChI=1S/C21H25F2N5O3S/c1-10-15(19-27-12-5-3-4-6-14(12)32-19)18(28-20(25-10)24-9-21(2,22)23)26-13-7-11(8-29)16(30)17(13)31/h3-6,11,13,16-17,29-31H,7-9H2,1-2H3,(H2,24,25,26,28). The summed E-state index contributed by atoms with van der Waals surface area (Å²) in [6.07, 6.45) is -1.89. The number of hydrogen-bond donors (Lipinski definition) is 5.